The summed E-state index contributed by atoms with van der Waals surface area (Å²) in [5, 5.41) is 11.4. The van der Waals surface area contributed by atoms with Gasteiger partial charge in [-0.15, -0.1) is 24.0 Å². The van der Waals surface area contributed by atoms with E-state index < -0.39 is 0 Å². The fraction of sp³-hybridized carbons (Fsp3) is 0.545. The maximum Gasteiger partial charge on any atom is 0.191 e. The van der Waals surface area contributed by atoms with Gasteiger partial charge in [0.25, 0.3) is 0 Å². The van der Waals surface area contributed by atoms with Crippen molar-refractivity contribution in [2.24, 2.45) is 4.99 Å². The number of ether oxygens (including phenoxy) is 2. The summed E-state index contributed by atoms with van der Waals surface area (Å²) in [6, 6.07) is 6.27. The van der Waals surface area contributed by atoms with E-state index in [1.165, 1.54) is 16.7 Å². The maximum atomic E-state index is 5.48. The van der Waals surface area contributed by atoms with E-state index in [1.54, 1.807) is 14.2 Å². The Bertz CT molecular complexity index is 820. The number of hydrogen-bond donors (Lipinski definition) is 2. The summed E-state index contributed by atoms with van der Waals surface area (Å²) in [6.07, 6.45) is 0.863. The van der Waals surface area contributed by atoms with Crippen molar-refractivity contribution in [1.82, 2.24) is 20.4 Å². The Morgan fingerprint density at radius 1 is 1.17 bits per heavy atom. The lowest BCUT2D eigenvalue weighted by Crippen LogP contribution is -2.38. The number of nitrogens with zero attached hydrogens (tertiary/aromatic N) is 3. The lowest BCUT2D eigenvalue weighted by molar-refractivity contribution is 0.182. The minimum atomic E-state index is 0. The Labute approximate surface area is 197 Å². The van der Waals surface area contributed by atoms with Crippen molar-refractivity contribution >= 4 is 29.9 Å². The molecular weight excluding hydrogens is 493 g/mol. The van der Waals surface area contributed by atoms with Crippen molar-refractivity contribution in [2.45, 2.75) is 47.2 Å². The van der Waals surface area contributed by atoms with Gasteiger partial charge >= 0.3 is 0 Å². The Morgan fingerprint density at radius 3 is 2.60 bits per heavy atom. The van der Waals surface area contributed by atoms with Gasteiger partial charge in [0.1, 0.15) is 5.75 Å². The Hall–Kier alpha value is -1.81. The highest BCUT2D eigenvalue weighted by Gasteiger charge is 2.11. The molecule has 0 unspecified atom stereocenters. The summed E-state index contributed by atoms with van der Waals surface area (Å²) < 4.78 is 12.6. The van der Waals surface area contributed by atoms with Crippen molar-refractivity contribution in [3.63, 3.8) is 0 Å². The zero-order chi connectivity index (χ0) is 21.2. The van der Waals surface area contributed by atoms with Crippen LogP contribution in [0.2, 0.25) is 0 Å². The average molecular weight is 529 g/mol. The second-order valence-electron chi connectivity index (χ2n) is 7.05. The third-order valence-corrected chi connectivity index (χ3v) is 4.90. The van der Waals surface area contributed by atoms with Gasteiger partial charge in [-0.25, -0.2) is 4.99 Å². The van der Waals surface area contributed by atoms with Crippen molar-refractivity contribution < 1.29 is 9.47 Å². The van der Waals surface area contributed by atoms with Crippen molar-refractivity contribution in [3.8, 4) is 5.75 Å². The number of aromatic nitrogens is 2. The van der Waals surface area contributed by atoms with Crippen LogP contribution in [-0.2, 0) is 24.2 Å². The lowest BCUT2D eigenvalue weighted by atomic mass is 10.1. The molecule has 0 amide bonds. The second kappa shape index (κ2) is 13.5. The van der Waals surface area contributed by atoms with Gasteiger partial charge in [0.15, 0.2) is 5.96 Å². The molecule has 0 atom stereocenters. The molecule has 0 aliphatic rings. The molecule has 1 heterocycles. The van der Waals surface area contributed by atoms with Crippen LogP contribution in [0.25, 0.3) is 0 Å². The van der Waals surface area contributed by atoms with E-state index in [2.05, 4.69) is 48.6 Å². The second-order valence-corrected chi connectivity index (χ2v) is 7.05. The molecule has 1 aromatic heterocycles. The molecular formula is C22H36IN5O2. The van der Waals surface area contributed by atoms with E-state index >= 15 is 0 Å². The SMILES string of the molecule is CCNC(=NCc1c(C)nn(CCOC)c1C)NCCc1cc(C)ccc1OC.I. The Balaban J connectivity index is 0.00000450. The summed E-state index contributed by atoms with van der Waals surface area (Å²) in [4.78, 5) is 4.77. The van der Waals surface area contributed by atoms with Crippen LogP contribution in [0.5, 0.6) is 5.75 Å². The minimum Gasteiger partial charge on any atom is -0.496 e. The van der Waals surface area contributed by atoms with Gasteiger partial charge in [-0.2, -0.15) is 5.10 Å². The molecule has 0 radical (unpaired) electrons. The zero-order valence-corrected chi connectivity index (χ0v) is 21.4. The molecule has 8 heteroatoms. The summed E-state index contributed by atoms with van der Waals surface area (Å²) >= 11 is 0. The first-order valence-corrected chi connectivity index (χ1v) is 10.2. The van der Waals surface area contributed by atoms with E-state index in [4.69, 9.17) is 14.5 Å². The van der Waals surface area contributed by atoms with E-state index in [0.717, 1.165) is 49.2 Å². The predicted molar refractivity (Wildman–Crippen MR) is 133 cm³/mol. The molecule has 2 aromatic rings. The number of methoxy groups -OCH3 is 2. The van der Waals surface area contributed by atoms with Crippen LogP contribution in [0.1, 0.15) is 35.0 Å². The molecule has 0 fully saturated rings. The summed E-state index contributed by atoms with van der Waals surface area (Å²) in [7, 11) is 3.42. The van der Waals surface area contributed by atoms with Crippen LogP contribution in [0.3, 0.4) is 0 Å². The van der Waals surface area contributed by atoms with Crippen LogP contribution in [-0.4, -0.2) is 49.7 Å². The standard InChI is InChI=1S/C22H35N5O2.HI/c1-7-23-22(24-11-10-19-14-16(2)8-9-21(19)29-6)25-15-20-17(3)26-27(18(20)4)12-13-28-5;/h8-9,14H,7,10-13,15H2,1-6H3,(H2,23,24,25);1H. The topological polar surface area (TPSA) is 72.7 Å². The number of benzene rings is 1. The van der Waals surface area contributed by atoms with Gasteiger partial charge < -0.3 is 20.1 Å². The molecule has 0 saturated carbocycles. The first-order valence-electron chi connectivity index (χ1n) is 10.2. The van der Waals surface area contributed by atoms with E-state index in [1.807, 2.05) is 17.7 Å². The fourth-order valence-corrected chi connectivity index (χ4v) is 3.28. The van der Waals surface area contributed by atoms with E-state index in [0.29, 0.717) is 13.2 Å². The van der Waals surface area contributed by atoms with Crippen LogP contribution in [0.15, 0.2) is 23.2 Å². The number of hydrogen-bond acceptors (Lipinski definition) is 4. The number of guanidine groups is 1. The van der Waals surface area contributed by atoms with Gasteiger partial charge in [0.05, 0.1) is 32.5 Å². The molecule has 0 saturated heterocycles. The van der Waals surface area contributed by atoms with Crippen LogP contribution in [0.4, 0.5) is 0 Å². The maximum absolute atomic E-state index is 5.48. The normalized spacial score (nSPS) is 11.2. The molecule has 0 spiro atoms. The predicted octanol–water partition coefficient (Wildman–Crippen LogP) is 3.38. The number of aryl methyl sites for hydroxylation is 2. The number of rotatable bonds is 10. The van der Waals surface area contributed by atoms with E-state index in [-0.39, 0.29) is 24.0 Å². The summed E-state index contributed by atoms with van der Waals surface area (Å²) in [5.41, 5.74) is 5.75. The molecule has 1 aromatic carbocycles. The molecule has 30 heavy (non-hydrogen) atoms. The van der Waals surface area contributed by atoms with Crippen molar-refractivity contribution in [2.75, 3.05) is 33.9 Å². The van der Waals surface area contributed by atoms with Gasteiger partial charge in [-0.1, -0.05) is 17.7 Å². The third kappa shape index (κ3) is 7.46. The van der Waals surface area contributed by atoms with Gasteiger partial charge in [0, 0.05) is 31.5 Å². The molecule has 2 rings (SSSR count). The molecule has 7 nitrogen and oxygen atoms in total. The third-order valence-electron chi connectivity index (χ3n) is 4.90. The Kier molecular flexibility index (Phi) is 11.8. The fourth-order valence-electron chi connectivity index (χ4n) is 3.28. The number of aliphatic imine (C=N–C) groups is 1. The highest BCUT2D eigenvalue weighted by atomic mass is 127. The first-order chi connectivity index (χ1) is 14.0. The van der Waals surface area contributed by atoms with Gasteiger partial charge in [-0.3, -0.25) is 4.68 Å². The molecule has 0 aliphatic heterocycles. The van der Waals surface area contributed by atoms with Gasteiger partial charge in [0.2, 0.25) is 0 Å². The van der Waals surface area contributed by atoms with Crippen LogP contribution >= 0.6 is 24.0 Å². The summed E-state index contributed by atoms with van der Waals surface area (Å²) in [6.45, 7) is 11.9. The molecule has 168 valence electrons. The quantitative estimate of drug-likeness (QED) is 0.281. The Morgan fingerprint density at radius 2 is 1.93 bits per heavy atom. The highest BCUT2D eigenvalue weighted by molar-refractivity contribution is 14.0. The van der Waals surface area contributed by atoms with Gasteiger partial charge in [-0.05, 0) is 45.7 Å². The summed E-state index contributed by atoms with van der Waals surface area (Å²) in [5.74, 6) is 1.73. The molecule has 0 aliphatic carbocycles. The smallest absolute Gasteiger partial charge is 0.191 e. The molecule has 2 N–H and O–H groups in total. The highest BCUT2D eigenvalue weighted by Crippen LogP contribution is 2.19. The first kappa shape index (κ1) is 26.2. The largest absolute Gasteiger partial charge is 0.496 e. The monoisotopic (exact) mass is 529 g/mol. The minimum absolute atomic E-state index is 0. The lowest BCUT2D eigenvalue weighted by Gasteiger charge is -2.13. The van der Waals surface area contributed by atoms with Crippen molar-refractivity contribution in [3.05, 3.63) is 46.3 Å². The van der Waals surface area contributed by atoms with Crippen LogP contribution < -0.4 is 15.4 Å². The van der Waals surface area contributed by atoms with Crippen molar-refractivity contribution in [1.29, 1.82) is 0 Å². The van der Waals surface area contributed by atoms with E-state index in [9.17, 15) is 0 Å². The average Bonchev–Trinajstić information content (AvgIpc) is 2.97. The van der Waals surface area contributed by atoms with Crippen LogP contribution in [0, 0.1) is 20.8 Å². The number of nitrogens with one attached hydrogen (secondary N) is 2. The zero-order valence-electron chi connectivity index (χ0n) is 19.0. The molecule has 0 bridgehead atoms. The number of halogens is 1.